The molecule has 0 aliphatic rings. The summed E-state index contributed by atoms with van der Waals surface area (Å²) in [6.07, 6.45) is 5.38. The lowest BCUT2D eigenvalue weighted by Gasteiger charge is -2.24. The predicted octanol–water partition coefficient (Wildman–Crippen LogP) is 4.00. The number of methoxy groups -OCH3 is 2. The van der Waals surface area contributed by atoms with Gasteiger partial charge in [-0.05, 0) is 47.3 Å². The third-order valence-corrected chi connectivity index (χ3v) is 6.90. The van der Waals surface area contributed by atoms with Gasteiger partial charge >= 0.3 is 11.9 Å². The molecule has 0 aliphatic carbocycles. The van der Waals surface area contributed by atoms with Crippen molar-refractivity contribution in [1.82, 2.24) is 19.6 Å². The average molecular weight is 577 g/mol. The van der Waals surface area contributed by atoms with Gasteiger partial charge in [0.25, 0.3) is 0 Å². The minimum absolute atomic E-state index is 0.647. The molecule has 0 saturated heterocycles. The van der Waals surface area contributed by atoms with Gasteiger partial charge in [-0.3, -0.25) is 0 Å². The minimum Gasteiger partial charge on any atom is -0.495 e. The van der Waals surface area contributed by atoms with Gasteiger partial charge in [-0.15, -0.1) is 9.36 Å². The standard InChI is InChI=1S/C28H40N12O2/c1-35(23-13-11-21(17-25(23)41-7)31-33-27-37(3)19-29-39(27)5)15-9-10-16-36(2)24-14-12-22(18-26(24)42-8)32-34-28-38(4)20-30-40(28)6/h11-14,17-20H,9-10,15-16H2,1-8H3/q+2. The Morgan fingerprint density at radius 3 is 1.43 bits per heavy atom. The van der Waals surface area contributed by atoms with E-state index in [1.807, 2.05) is 73.7 Å². The van der Waals surface area contributed by atoms with E-state index >= 15 is 0 Å². The lowest BCUT2D eigenvalue weighted by molar-refractivity contribution is -0.659. The van der Waals surface area contributed by atoms with E-state index in [2.05, 4.69) is 54.5 Å². The first kappa shape index (κ1) is 30.1. The number of hydrogen-bond donors (Lipinski definition) is 0. The summed E-state index contributed by atoms with van der Waals surface area (Å²) in [4.78, 5) is 4.40. The van der Waals surface area contributed by atoms with Gasteiger partial charge in [-0.1, -0.05) is 10.2 Å². The molecule has 0 aliphatic heterocycles. The summed E-state index contributed by atoms with van der Waals surface area (Å²) in [6.45, 7) is 1.75. The van der Waals surface area contributed by atoms with E-state index in [1.54, 1.807) is 36.2 Å². The summed E-state index contributed by atoms with van der Waals surface area (Å²) in [7, 11) is 14.9. The van der Waals surface area contributed by atoms with Crippen molar-refractivity contribution in [2.75, 3.05) is 51.2 Å². The molecule has 2 heterocycles. The van der Waals surface area contributed by atoms with Crippen molar-refractivity contribution >= 4 is 34.6 Å². The van der Waals surface area contributed by atoms with Crippen LogP contribution in [0, 0.1) is 0 Å². The Balaban J connectivity index is 1.32. The number of hydrogen-bond acceptors (Lipinski definition) is 10. The van der Waals surface area contributed by atoms with Gasteiger partial charge in [-0.25, -0.2) is 9.13 Å². The Bertz CT molecular complexity index is 1400. The Labute approximate surface area is 246 Å². The van der Waals surface area contributed by atoms with Crippen LogP contribution < -0.4 is 28.4 Å². The van der Waals surface area contributed by atoms with Crippen molar-refractivity contribution in [3.05, 3.63) is 49.1 Å². The summed E-state index contributed by atoms with van der Waals surface area (Å²) >= 11 is 0. The van der Waals surface area contributed by atoms with E-state index < -0.39 is 0 Å². The second-order valence-corrected chi connectivity index (χ2v) is 9.99. The van der Waals surface area contributed by atoms with Crippen LogP contribution in [-0.2, 0) is 28.2 Å². The smallest absolute Gasteiger partial charge is 0.403 e. The summed E-state index contributed by atoms with van der Waals surface area (Å²) in [5.74, 6) is 2.79. The van der Waals surface area contributed by atoms with Crippen molar-refractivity contribution in [1.29, 1.82) is 0 Å². The number of anilines is 2. The maximum Gasteiger partial charge on any atom is 0.403 e. The van der Waals surface area contributed by atoms with E-state index in [1.165, 1.54) is 0 Å². The molecule has 4 rings (SSSR count). The van der Waals surface area contributed by atoms with Crippen LogP contribution >= 0.6 is 0 Å². The molecule has 222 valence electrons. The minimum atomic E-state index is 0.647. The highest BCUT2D eigenvalue weighted by Gasteiger charge is 2.15. The molecule has 2 aromatic heterocycles. The second kappa shape index (κ2) is 13.7. The average Bonchev–Trinajstić information content (AvgIpc) is 3.50. The Kier molecular flexibility index (Phi) is 9.78. The highest BCUT2D eigenvalue weighted by Crippen LogP contribution is 2.34. The third-order valence-electron chi connectivity index (χ3n) is 6.90. The monoisotopic (exact) mass is 576 g/mol. The fourth-order valence-electron chi connectivity index (χ4n) is 4.47. The first-order valence-electron chi connectivity index (χ1n) is 13.6. The molecule has 42 heavy (non-hydrogen) atoms. The number of unbranched alkanes of at least 4 members (excludes halogenated alkanes) is 1. The SMILES string of the molecule is COc1cc(N=Nc2n(C)nc[n+]2C)ccc1N(C)CCCCN(C)c1ccc(N=Nc2n(C)nc[n+]2C)cc1OC. The number of nitrogens with zero attached hydrogens (tertiary/aromatic N) is 12. The Hall–Kier alpha value is -4.88. The molecule has 0 fully saturated rings. The first-order valence-corrected chi connectivity index (χ1v) is 13.6. The van der Waals surface area contributed by atoms with Crippen LogP contribution in [0.3, 0.4) is 0 Å². The van der Waals surface area contributed by atoms with Gasteiger partial charge in [-0.2, -0.15) is 0 Å². The quantitative estimate of drug-likeness (QED) is 0.135. The van der Waals surface area contributed by atoms with Gasteiger partial charge in [0, 0.05) is 49.5 Å². The van der Waals surface area contributed by atoms with Crippen LogP contribution in [0.4, 0.5) is 34.6 Å². The first-order chi connectivity index (χ1) is 20.2. The van der Waals surface area contributed by atoms with Gasteiger partial charge in [0.2, 0.25) is 12.7 Å². The van der Waals surface area contributed by atoms with E-state index in [0.29, 0.717) is 23.3 Å². The fraction of sp³-hybridized carbons (Fsp3) is 0.429. The highest BCUT2D eigenvalue weighted by atomic mass is 16.5. The zero-order valence-corrected chi connectivity index (χ0v) is 25.6. The summed E-state index contributed by atoms with van der Waals surface area (Å²) < 4.78 is 18.3. The lowest BCUT2D eigenvalue weighted by Crippen LogP contribution is -2.25. The third kappa shape index (κ3) is 7.06. The molecule has 14 heteroatoms. The number of aryl methyl sites for hydroxylation is 4. The van der Waals surface area contributed by atoms with Crippen LogP contribution in [0.2, 0.25) is 0 Å². The number of aromatic nitrogens is 6. The Morgan fingerprint density at radius 1 is 0.690 bits per heavy atom. The van der Waals surface area contributed by atoms with Gasteiger partial charge in [0.1, 0.15) is 22.9 Å². The highest BCUT2D eigenvalue weighted by molar-refractivity contribution is 5.64. The maximum absolute atomic E-state index is 5.67. The molecule has 2 aromatic carbocycles. The van der Waals surface area contributed by atoms with Crippen LogP contribution in [0.5, 0.6) is 11.5 Å². The normalized spacial score (nSPS) is 11.5. The van der Waals surface area contributed by atoms with E-state index in [-0.39, 0.29) is 0 Å². The van der Waals surface area contributed by atoms with E-state index in [4.69, 9.17) is 9.47 Å². The molecule has 0 spiro atoms. The molecule has 0 atom stereocenters. The summed E-state index contributed by atoms with van der Waals surface area (Å²) in [6, 6.07) is 11.7. The molecule has 4 aromatic rings. The Morgan fingerprint density at radius 2 is 1.10 bits per heavy atom. The molecule has 0 amide bonds. The number of azo groups is 2. The van der Waals surface area contributed by atoms with Gasteiger partial charge in [0.05, 0.1) is 53.8 Å². The zero-order valence-electron chi connectivity index (χ0n) is 25.6. The fourth-order valence-corrected chi connectivity index (χ4v) is 4.47. The molecular formula is C28H40N12O2+2. The number of ether oxygens (including phenoxy) is 2. The largest absolute Gasteiger partial charge is 0.495 e. The topological polar surface area (TPSA) is 118 Å². The number of rotatable bonds is 13. The molecule has 0 N–H and O–H groups in total. The molecule has 14 nitrogen and oxygen atoms in total. The van der Waals surface area contributed by atoms with E-state index in [0.717, 1.165) is 48.8 Å². The van der Waals surface area contributed by atoms with Gasteiger partial charge < -0.3 is 19.3 Å². The van der Waals surface area contributed by atoms with Gasteiger partial charge in [0.15, 0.2) is 0 Å². The van der Waals surface area contributed by atoms with Crippen LogP contribution in [0.1, 0.15) is 12.8 Å². The van der Waals surface area contributed by atoms with Crippen LogP contribution in [0.25, 0.3) is 0 Å². The van der Waals surface area contributed by atoms with Crippen molar-refractivity contribution < 1.29 is 18.6 Å². The zero-order chi connectivity index (χ0) is 30.2. The molecule has 0 radical (unpaired) electrons. The van der Waals surface area contributed by atoms with Crippen molar-refractivity contribution in [2.45, 2.75) is 12.8 Å². The van der Waals surface area contributed by atoms with Crippen molar-refractivity contribution in [3.8, 4) is 11.5 Å². The lowest BCUT2D eigenvalue weighted by atomic mass is 10.2. The maximum atomic E-state index is 5.67. The molecular weight excluding hydrogens is 536 g/mol. The van der Waals surface area contributed by atoms with Crippen LogP contribution in [-0.4, -0.2) is 61.0 Å². The van der Waals surface area contributed by atoms with E-state index in [9.17, 15) is 0 Å². The van der Waals surface area contributed by atoms with Crippen LogP contribution in [0.15, 0.2) is 69.5 Å². The summed E-state index contributed by atoms with van der Waals surface area (Å²) in [5, 5.41) is 25.7. The molecule has 0 bridgehead atoms. The number of benzene rings is 2. The van der Waals surface area contributed by atoms with Crippen molar-refractivity contribution in [3.63, 3.8) is 0 Å². The summed E-state index contributed by atoms with van der Waals surface area (Å²) in [5.41, 5.74) is 3.42. The van der Waals surface area contributed by atoms with Crippen molar-refractivity contribution in [2.24, 2.45) is 48.6 Å². The predicted molar refractivity (Wildman–Crippen MR) is 159 cm³/mol. The molecule has 0 saturated carbocycles. The molecule has 0 unspecified atom stereocenters. The second-order valence-electron chi connectivity index (χ2n) is 9.99.